The largest absolute Gasteiger partial charge is 0.316 e. The van der Waals surface area contributed by atoms with Crippen LogP contribution in [-0.2, 0) is 0 Å². The summed E-state index contributed by atoms with van der Waals surface area (Å²) < 4.78 is 0. The first-order valence-corrected chi connectivity index (χ1v) is 6.16. The number of allylic oxidation sites excluding steroid dienone is 1. The zero-order chi connectivity index (χ0) is 11.1. The molecule has 4 heteroatoms. The average Bonchev–Trinajstić information content (AvgIpc) is 2.81. The topological polar surface area (TPSA) is 24.9 Å². The number of fused-ring (bicyclic) bond motifs is 1. The first-order valence-electron chi connectivity index (χ1n) is 5.78. The fourth-order valence-electron chi connectivity index (χ4n) is 2.73. The van der Waals surface area contributed by atoms with Crippen molar-refractivity contribution >= 4 is 29.6 Å². The highest BCUT2D eigenvalue weighted by atomic mass is 35.5. The average molecular weight is 271 g/mol. The molecule has 1 aromatic rings. The Kier molecular flexibility index (Phi) is 3.76. The summed E-state index contributed by atoms with van der Waals surface area (Å²) in [5.74, 6) is 1.52. The standard InChI is InChI=1S/C13H15ClN2.ClH/c1-8-2-10(7-16-13(8)14)9-3-11-5-15-6-12(11)4-9;/h2-3,7,11-12,15H,4-6H2,1H3;1H. The molecule has 3 rings (SSSR count). The van der Waals surface area contributed by atoms with Gasteiger partial charge in [0.05, 0.1) is 0 Å². The molecule has 2 nitrogen and oxygen atoms in total. The zero-order valence-corrected chi connectivity index (χ0v) is 11.3. The van der Waals surface area contributed by atoms with E-state index in [1.54, 1.807) is 0 Å². The maximum Gasteiger partial charge on any atom is 0.131 e. The molecule has 1 aromatic heterocycles. The van der Waals surface area contributed by atoms with Crippen molar-refractivity contribution in [1.82, 2.24) is 10.3 Å². The van der Waals surface area contributed by atoms with Crippen LogP contribution >= 0.6 is 24.0 Å². The predicted molar refractivity (Wildman–Crippen MR) is 73.7 cm³/mol. The van der Waals surface area contributed by atoms with Crippen LogP contribution in [0.3, 0.4) is 0 Å². The van der Waals surface area contributed by atoms with Crippen molar-refractivity contribution in [3.05, 3.63) is 34.6 Å². The maximum absolute atomic E-state index is 5.94. The van der Waals surface area contributed by atoms with Crippen LogP contribution in [0.15, 0.2) is 18.3 Å². The molecule has 2 aliphatic rings. The molecule has 92 valence electrons. The van der Waals surface area contributed by atoms with Crippen LogP contribution in [0.25, 0.3) is 5.57 Å². The van der Waals surface area contributed by atoms with E-state index in [9.17, 15) is 0 Å². The van der Waals surface area contributed by atoms with E-state index in [0.717, 1.165) is 30.5 Å². The summed E-state index contributed by atoms with van der Waals surface area (Å²) in [5.41, 5.74) is 3.76. The highest BCUT2D eigenvalue weighted by Gasteiger charge is 2.31. The Bertz CT molecular complexity index is 457. The molecular weight excluding hydrogens is 255 g/mol. The second kappa shape index (κ2) is 4.97. The minimum absolute atomic E-state index is 0. The van der Waals surface area contributed by atoms with Gasteiger partial charge < -0.3 is 5.32 Å². The lowest BCUT2D eigenvalue weighted by atomic mass is 9.98. The number of nitrogens with one attached hydrogen (secondary N) is 1. The van der Waals surface area contributed by atoms with E-state index in [1.165, 1.54) is 17.6 Å². The summed E-state index contributed by atoms with van der Waals surface area (Å²) in [7, 11) is 0. The van der Waals surface area contributed by atoms with E-state index >= 15 is 0 Å². The number of halogens is 2. The lowest BCUT2D eigenvalue weighted by molar-refractivity contribution is 0.536. The monoisotopic (exact) mass is 270 g/mol. The summed E-state index contributed by atoms with van der Waals surface area (Å²) in [6, 6.07) is 2.15. The Morgan fingerprint density at radius 3 is 2.94 bits per heavy atom. The molecule has 1 N–H and O–H groups in total. The molecule has 2 heterocycles. The molecule has 0 bridgehead atoms. The Morgan fingerprint density at radius 2 is 2.24 bits per heavy atom. The van der Waals surface area contributed by atoms with Gasteiger partial charge in [0, 0.05) is 12.7 Å². The van der Waals surface area contributed by atoms with Crippen molar-refractivity contribution in [3.63, 3.8) is 0 Å². The van der Waals surface area contributed by atoms with Crippen molar-refractivity contribution in [2.24, 2.45) is 11.8 Å². The Morgan fingerprint density at radius 1 is 1.41 bits per heavy atom. The molecule has 17 heavy (non-hydrogen) atoms. The third-order valence-electron chi connectivity index (χ3n) is 3.67. The quantitative estimate of drug-likeness (QED) is 0.794. The van der Waals surface area contributed by atoms with Crippen molar-refractivity contribution in [2.75, 3.05) is 13.1 Å². The molecule has 2 atom stereocenters. The van der Waals surface area contributed by atoms with Crippen molar-refractivity contribution in [3.8, 4) is 0 Å². The summed E-state index contributed by atoms with van der Waals surface area (Å²) in [6.07, 6.45) is 5.49. The summed E-state index contributed by atoms with van der Waals surface area (Å²) in [5, 5.41) is 4.05. The SMILES string of the molecule is Cc1cc(C2=CC3CNCC3C2)cnc1Cl.Cl. The van der Waals surface area contributed by atoms with Crippen LogP contribution in [0.5, 0.6) is 0 Å². The molecule has 0 spiro atoms. The first kappa shape index (κ1) is 12.9. The fraction of sp³-hybridized carbons (Fsp3) is 0.462. The number of aryl methyl sites for hydroxylation is 1. The predicted octanol–water partition coefficient (Wildman–Crippen LogP) is 3.09. The number of aromatic nitrogens is 1. The van der Waals surface area contributed by atoms with E-state index in [2.05, 4.69) is 22.4 Å². The van der Waals surface area contributed by atoms with Gasteiger partial charge in [0.2, 0.25) is 0 Å². The second-order valence-electron chi connectivity index (χ2n) is 4.81. The number of hydrogen-bond acceptors (Lipinski definition) is 2. The van der Waals surface area contributed by atoms with Gasteiger partial charge in [-0.3, -0.25) is 0 Å². The van der Waals surface area contributed by atoms with Crippen molar-refractivity contribution in [1.29, 1.82) is 0 Å². The van der Waals surface area contributed by atoms with Gasteiger partial charge in [0.25, 0.3) is 0 Å². The van der Waals surface area contributed by atoms with Crippen LogP contribution < -0.4 is 5.32 Å². The maximum atomic E-state index is 5.94. The third-order valence-corrected chi connectivity index (χ3v) is 4.07. The molecule has 1 saturated heterocycles. The van der Waals surface area contributed by atoms with Gasteiger partial charge in [0.15, 0.2) is 0 Å². The van der Waals surface area contributed by atoms with E-state index in [-0.39, 0.29) is 12.4 Å². The van der Waals surface area contributed by atoms with Gasteiger partial charge in [0.1, 0.15) is 5.15 Å². The smallest absolute Gasteiger partial charge is 0.131 e. The van der Waals surface area contributed by atoms with Crippen LogP contribution in [0.4, 0.5) is 0 Å². The Balaban J connectivity index is 0.00000108. The molecule has 0 amide bonds. The zero-order valence-electron chi connectivity index (χ0n) is 9.74. The highest BCUT2D eigenvalue weighted by molar-refractivity contribution is 6.30. The minimum atomic E-state index is 0. The van der Waals surface area contributed by atoms with Gasteiger partial charge in [-0.15, -0.1) is 12.4 Å². The van der Waals surface area contributed by atoms with Gasteiger partial charge in [-0.25, -0.2) is 4.98 Å². The van der Waals surface area contributed by atoms with Gasteiger partial charge in [-0.1, -0.05) is 17.7 Å². The van der Waals surface area contributed by atoms with Crippen LogP contribution in [0.2, 0.25) is 5.15 Å². The summed E-state index contributed by atoms with van der Waals surface area (Å²) >= 11 is 5.94. The molecule has 0 aromatic carbocycles. The summed E-state index contributed by atoms with van der Waals surface area (Å²) in [4.78, 5) is 4.23. The number of pyridine rings is 1. The van der Waals surface area contributed by atoms with E-state index in [4.69, 9.17) is 11.6 Å². The van der Waals surface area contributed by atoms with Crippen molar-refractivity contribution < 1.29 is 0 Å². The first-order chi connectivity index (χ1) is 7.74. The van der Waals surface area contributed by atoms with Crippen molar-refractivity contribution in [2.45, 2.75) is 13.3 Å². The van der Waals surface area contributed by atoms with Gasteiger partial charge in [-0.05, 0) is 54.5 Å². The highest BCUT2D eigenvalue weighted by Crippen LogP contribution is 2.38. The van der Waals surface area contributed by atoms with Crippen LogP contribution in [0, 0.1) is 18.8 Å². The lowest BCUT2D eigenvalue weighted by Crippen LogP contribution is -2.09. The summed E-state index contributed by atoms with van der Waals surface area (Å²) in [6.45, 7) is 4.30. The van der Waals surface area contributed by atoms with Gasteiger partial charge >= 0.3 is 0 Å². The molecular formula is C13H16Cl2N2. The number of rotatable bonds is 1. The normalized spacial score (nSPS) is 26.4. The van der Waals surface area contributed by atoms with E-state index < -0.39 is 0 Å². The second-order valence-corrected chi connectivity index (χ2v) is 5.17. The van der Waals surface area contributed by atoms with Crippen LogP contribution in [0.1, 0.15) is 17.5 Å². The van der Waals surface area contributed by atoms with E-state index in [1.807, 2.05) is 13.1 Å². The van der Waals surface area contributed by atoms with E-state index in [0.29, 0.717) is 5.15 Å². The number of nitrogens with zero attached hydrogens (tertiary/aromatic N) is 1. The Hall–Kier alpha value is -0.570. The van der Waals surface area contributed by atoms with Crippen LogP contribution in [-0.4, -0.2) is 18.1 Å². The molecule has 1 aliphatic carbocycles. The Labute approximate surface area is 113 Å². The molecule has 0 radical (unpaired) electrons. The fourth-order valence-corrected chi connectivity index (χ4v) is 2.83. The molecule has 2 unspecified atom stereocenters. The molecule has 1 fully saturated rings. The molecule has 0 saturated carbocycles. The lowest BCUT2D eigenvalue weighted by Gasteiger charge is -2.07. The number of hydrogen-bond donors (Lipinski definition) is 1. The minimum Gasteiger partial charge on any atom is -0.316 e. The van der Waals surface area contributed by atoms with Gasteiger partial charge in [-0.2, -0.15) is 0 Å². The molecule has 1 aliphatic heterocycles. The third kappa shape index (κ3) is 2.35.